The topological polar surface area (TPSA) is 110 Å². The van der Waals surface area contributed by atoms with Crippen molar-refractivity contribution in [1.29, 1.82) is 5.26 Å². The van der Waals surface area contributed by atoms with Crippen LogP contribution in [0.3, 0.4) is 0 Å². The first kappa shape index (κ1) is 16.4. The zero-order valence-electron chi connectivity index (χ0n) is 11.7. The fourth-order valence-corrected chi connectivity index (χ4v) is 2.72. The van der Waals surface area contributed by atoms with Crippen LogP contribution in [0.4, 0.5) is 10.1 Å². The molecule has 0 saturated carbocycles. The molecule has 0 N–H and O–H groups in total. The SMILES string of the molecule is Cc1ccc(OS(=O)(=O)c2ccc(F)c(C#N)c2)c([N+](=O)[O-])c1. The minimum absolute atomic E-state index is 0.469. The normalized spacial score (nSPS) is 10.8. The maximum Gasteiger partial charge on any atom is 0.339 e. The number of nitro benzene ring substituents is 1. The Bertz CT molecular complexity index is 935. The van der Waals surface area contributed by atoms with Gasteiger partial charge in [0.15, 0.2) is 0 Å². The van der Waals surface area contributed by atoms with Gasteiger partial charge < -0.3 is 4.18 Å². The number of nitrogens with zero attached hydrogens (tertiary/aromatic N) is 2. The third-order valence-electron chi connectivity index (χ3n) is 2.86. The summed E-state index contributed by atoms with van der Waals surface area (Å²) in [5.41, 5.74) is -0.445. The second-order valence-corrected chi connectivity index (χ2v) is 6.07. The molecule has 118 valence electrons. The van der Waals surface area contributed by atoms with Crippen LogP contribution >= 0.6 is 0 Å². The van der Waals surface area contributed by atoms with Gasteiger partial charge in [-0.1, -0.05) is 6.07 Å². The fourth-order valence-electron chi connectivity index (χ4n) is 1.75. The largest absolute Gasteiger partial charge is 0.372 e. The number of nitriles is 1. The maximum absolute atomic E-state index is 13.3. The van der Waals surface area contributed by atoms with Crippen molar-refractivity contribution in [2.24, 2.45) is 0 Å². The highest BCUT2D eigenvalue weighted by molar-refractivity contribution is 7.87. The molecule has 0 aromatic heterocycles. The van der Waals surface area contributed by atoms with Crippen LogP contribution in [0.2, 0.25) is 0 Å². The molecule has 2 aromatic carbocycles. The summed E-state index contributed by atoms with van der Waals surface area (Å²) in [6.07, 6.45) is 0. The summed E-state index contributed by atoms with van der Waals surface area (Å²) in [4.78, 5) is 9.72. The van der Waals surface area contributed by atoms with Crippen LogP contribution in [0.5, 0.6) is 5.75 Å². The Morgan fingerprint density at radius 2 is 1.96 bits per heavy atom. The molecular formula is C14H9FN2O5S. The van der Waals surface area contributed by atoms with E-state index in [0.717, 1.165) is 30.3 Å². The van der Waals surface area contributed by atoms with Crippen molar-refractivity contribution in [2.75, 3.05) is 0 Å². The fraction of sp³-hybridized carbons (Fsp3) is 0.0714. The van der Waals surface area contributed by atoms with Crippen LogP contribution in [-0.4, -0.2) is 13.3 Å². The number of nitro groups is 1. The molecule has 7 nitrogen and oxygen atoms in total. The van der Waals surface area contributed by atoms with E-state index in [4.69, 9.17) is 9.44 Å². The second-order valence-electron chi connectivity index (χ2n) is 4.52. The highest BCUT2D eigenvalue weighted by atomic mass is 32.2. The molecule has 2 aromatic rings. The summed E-state index contributed by atoms with van der Waals surface area (Å²) in [6, 6.07) is 7.78. The van der Waals surface area contributed by atoms with E-state index < -0.39 is 42.8 Å². The van der Waals surface area contributed by atoms with Gasteiger partial charge in [0.05, 0.1) is 10.5 Å². The summed E-state index contributed by atoms with van der Waals surface area (Å²) < 4.78 is 42.4. The Labute approximate surface area is 130 Å². The van der Waals surface area contributed by atoms with Crippen LogP contribution in [0.1, 0.15) is 11.1 Å². The number of rotatable bonds is 4. The predicted octanol–water partition coefficient (Wildman–Crippen LogP) is 2.68. The molecule has 0 unspecified atom stereocenters. The Morgan fingerprint density at radius 3 is 2.57 bits per heavy atom. The number of hydrogen-bond acceptors (Lipinski definition) is 6. The average Bonchev–Trinajstić information content (AvgIpc) is 2.49. The highest BCUT2D eigenvalue weighted by Crippen LogP contribution is 2.30. The number of hydrogen-bond donors (Lipinski definition) is 0. The molecule has 23 heavy (non-hydrogen) atoms. The smallest absolute Gasteiger partial charge is 0.339 e. The van der Waals surface area contributed by atoms with E-state index in [1.807, 2.05) is 0 Å². The second kappa shape index (κ2) is 6.02. The Kier molecular flexibility index (Phi) is 4.29. The van der Waals surface area contributed by atoms with Crippen LogP contribution in [0.25, 0.3) is 0 Å². The van der Waals surface area contributed by atoms with Crippen LogP contribution in [0.15, 0.2) is 41.3 Å². The lowest BCUT2D eigenvalue weighted by atomic mass is 10.2. The molecule has 0 bridgehead atoms. The van der Waals surface area contributed by atoms with Crippen molar-refractivity contribution in [3.05, 3.63) is 63.5 Å². The summed E-state index contributed by atoms with van der Waals surface area (Å²) in [5, 5.41) is 19.7. The van der Waals surface area contributed by atoms with Gasteiger partial charge in [0.1, 0.15) is 16.8 Å². The van der Waals surface area contributed by atoms with Gasteiger partial charge in [-0.3, -0.25) is 10.1 Å². The zero-order valence-corrected chi connectivity index (χ0v) is 12.5. The van der Waals surface area contributed by atoms with E-state index in [1.54, 1.807) is 6.92 Å². The van der Waals surface area contributed by atoms with Gasteiger partial charge >= 0.3 is 15.8 Å². The van der Waals surface area contributed by atoms with Gasteiger partial charge in [0, 0.05) is 6.07 Å². The van der Waals surface area contributed by atoms with Crippen molar-refractivity contribution >= 4 is 15.8 Å². The zero-order chi connectivity index (χ0) is 17.2. The molecule has 0 fully saturated rings. The van der Waals surface area contributed by atoms with Crippen LogP contribution in [-0.2, 0) is 10.1 Å². The number of aryl methyl sites for hydroxylation is 1. The lowest BCUT2D eigenvalue weighted by Crippen LogP contribution is -2.11. The standard InChI is InChI=1S/C14H9FN2O5S/c1-9-2-5-14(13(6-9)17(18)19)22-23(20,21)11-3-4-12(15)10(7-11)8-16/h2-7H,1H3. The van der Waals surface area contributed by atoms with Crippen molar-refractivity contribution < 1.29 is 21.9 Å². The van der Waals surface area contributed by atoms with Gasteiger partial charge in [0.2, 0.25) is 5.75 Å². The Hall–Kier alpha value is -2.99. The van der Waals surface area contributed by atoms with E-state index in [-0.39, 0.29) is 0 Å². The van der Waals surface area contributed by atoms with E-state index in [2.05, 4.69) is 0 Å². The van der Waals surface area contributed by atoms with Gasteiger partial charge in [-0.15, -0.1) is 0 Å². The monoisotopic (exact) mass is 336 g/mol. The number of benzene rings is 2. The van der Waals surface area contributed by atoms with Crippen LogP contribution < -0.4 is 4.18 Å². The summed E-state index contributed by atoms with van der Waals surface area (Å²) >= 11 is 0. The Balaban J connectivity index is 2.48. The molecule has 0 amide bonds. The average molecular weight is 336 g/mol. The number of halogens is 1. The molecule has 0 saturated heterocycles. The lowest BCUT2D eigenvalue weighted by Gasteiger charge is -2.08. The molecule has 0 aliphatic carbocycles. The molecule has 0 atom stereocenters. The molecule has 0 aliphatic heterocycles. The molecular weight excluding hydrogens is 327 g/mol. The molecule has 0 aliphatic rings. The highest BCUT2D eigenvalue weighted by Gasteiger charge is 2.24. The lowest BCUT2D eigenvalue weighted by molar-refractivity contribution is -0.385. The van der Waals surface area contributed by atoms with Gasteiger partial charge in [-0.2, -0.15) is 13.7 Å². The molecule has 0 heterocycles. The predicted molar refractivity (Wildman–Crippen MR) is 76.8 cm³/mol. The summed E-state index contributed by atoms with van der Waals surface area (Å²) in [6.45, 7) is 1.60. The molecule has 0 radical (unpaired) electrons. The molecule has 2 rings (SSSR count). The van der Waals surface area contributed by atoms with E-state index in [9.17, 15) is 22.9 Å². The van der Waals surface area contributed by atoms with Crippen molar-refractivity contribution in [3.8, 4) is 11.8 Å². The first-order valence-electron chi connectivity index (χ1n) is 6.14. The van der Waals surface area contributed by atoms with E-state index in [0.29, 0.717) is 5.56 Å². The summed E-state index contributed by atoms with van der Waals surface area (Å²) in [7, 11) is -4.45. The van der Waals surface area contributed by atoms with E-state index in [1.165, 1.54) is 12.1 Å². The third kappa shape index (κ3) is 3.44. The van der Waals surface area contributed by atoms with E-state index >= 15 is 0 Å². The van der Waals surface area contributed by atoms with Crippen molar-refractivity contribution in [3.63, 3.8) is 0 Å². The quantitative estimate of drug-likeness (QED) is 0.482. The van der Waals surface area contributed by atoms with Gasteiger partial charge in [-0.25, -0.2) is 4.39 Å². The first-order chi connectivity index (χ1) is 10.7. The van der Waals surface area contributed by atoms with Gasteiger partial charge in [-0.05, 0) is 36.8 Å². The minimum atomic E-state index is -4.45. The van der Waals surface area contributed by atoms with Crippen LogP contribution in [0, 0.1) is 34.2 Å². The Morgan fingerprint density at radius 1 is 1.26 bits per heavy atom. The molecule has 9 heteroatoms. The first-order valence-corrected chi connectivity index (χ1v) is 7.54. The maximum atomic E-state index is 13.3. The minimum Gasteiger partial charge on any atom is -0.372 e. The summed E-state index contributed by atoms with van der Waals surface area (Å²) in [5.74, 6) is -1.35. The van der Waals surface area contributed by atoms with Gasteiger partial charge in [0.25, 0.3) is 0 Å². The third-order valence-corrected chi connectivity index (χ3v) is 4.09. The van der Waals surface area contributed by atoms with Crippen molar-refractivity contribution in [2.45, 2.75) is 11.8 Å². The molecule has 0 spiro atoms. The van der Waals surface area contributed by atoms with Crippen molar-refractivity contribution in [1.82, 2.24) is 0 Å².